The Balaban J connectivity index is 1.34. The van der Waals surface area contributed by atoms with Crippen molar-refractivity contribution in [2.24, 2.45) is 10.9 Å². The van der Waals surface area contributed by atoms with Crippen molar-refractivity contribution < 1.29 is 24.9 Å². The van der Waals surface area contributed by atoms with Crippen LogP contribution in [0.1, 0.15) is 30.5 Å². The maximum Gasteiger partial charge on any atom is 0.160 e. The number of ether oxygens (including phenoxy) is 1. The standard InChI is InChI=1S/C22H30N4O5/c1-3-30-25-19-15-8-9-26(20(15)24-11-23-19)21-17(28)16(27)18(31-21)22(2,29)14-7-6-12-4-5-13(12)10-14/h6-10,15-18,20-21,24,27-29H,3-5,11H2,1-2H3,(H,23,25)/t15?,16-,17+,18-,20?,21+,22+/m0/s1. The van der Waals surface area contributed by atoms with Gasteiger partial charge in [-0.2, -0.15) is 0 Å². The molecule has 1 aromatic carbocycles. The zero-order valence-corrected chi connectivity index (χ0v) is 17.7. The molecule has 2 unspecified atom stereocenters. The number of aliphatic hydroxyl groups excluding tert-OH is 2. The molecule has 1 fully saturated rings. The number of hydrogen-bond acceptors (Lipinski definition) is 9. The van der Waals surface area contributed by atoms with Gasteiger partial charge in [0.25, 0.3) is 0 Å². The molecular weight excluding hydrogens is 400 g/mol. The topological polar surface area (TPSA) is 119 Å². The lowest BCUT2D eigenvalue weighted by Gasteiger charge is -2.38. The van der Waals surface area contributed by atoms with Crippen molar-refractivity contribution in [1.29, 1.82) is 0 Å². The summed E-state index contributed by atoms with van der Waals surface area (Å²) in [6.07, 6.45) is 1.40. The van der Waals surface area contributed by atoms with Crippen LogP contribution >= 0.6 is 0 Å². The van der Waals surface area contributed by atoms with Gasteiger partial charge in [-0.05, 0) is 43.4 Å². The van der Waals surface area contributed by atoms with Gasteiger partial charge in [0, 0.05) is 6.20 Å². The van der Waals surface area contributed by atoms with E-state index in [1.807, 2.05) is 42.3 Å². The van der Waals surface area contributed by atoms with Crippen molar-refractivity contribution in [3.63, 3.8) is 0 Å². The minimum atomic E-state index is -1.45. The van der Waals surface area contributed by atoms with Gasteiger partial charge in [-0.25, -0.2) is 0 Å². The predicted molar refractivity (Wildman–Crippen MR) is 113 cm³/mol. The average molecular weight is 431 g/mol. The lowest BCUT2D eigenvalue weighted by molar-refractivity contribution is -0.151. The summed E-state index contributed by atoms with van der Waals surface area (Å²) in [5.74, 6) is 0.587. The molecule has 0 radical (unpaired) electrons. The second-order valence-corrected chi connectivity index (χ2v) is 8.76. The van der Waals surface area contributed by atoms with Crippen molar-refractivity contribution in [1.82, 2.24) is 15.7 Å². The van der Waals surface area contributed by atoms with E-state index in [-0.39, 0.29) is 12.1 Å². The van der Waals surface area contributed by atoms with Crippen LogP contribution in [0.4, 0.5) is 0 Å². The second-order valence-electron chi connectivity index (χ2n) is 8.76. The van der Waals surface area contributed by atoms with Crippen LogP contribution in [-0.2, 0) is 28.0 Å². The van der Waals surface area contributed by atoms with Crippen molar-refractivity contribution in [3.05, 3.63) is 47.2 Å². The number of nitrogens with one attached hydrogen (secondary N) is 2. The molecule has 7 atom stereocenters. The molecule has 1 aliphatic carbocycles. The zero-order chi connectivity index (χ0) is 21.8. The summed E-state index contributed by atoms with van der Waals surface area (Å²) in [5, 5.41) is 36.3. The van der Waals surface area contributed by atoms with E-state index in [2.05, 4.69) is 15.8 Å². The number of aliphatic hydroxyl groups is 3. The number of benzene rings is 1. The van der Waals surface area contributed by atoms with Gasteiger partial charge < -0.3 is 25.0 Å². The number of hydrogen-bond donors (Lipinski definition) is 5. The number of hydroxylamine groups is 1. The Morgan fingerprint density at radius 1 is 1.29 bits per heavy atom. The number of fused-ring (bicyclic) bond motifs is 2. The molecule has 0 aromatic heterocycles. The number of aliphatic imine (C=N–C) groups is 1. The molecule has 0 amide bonds. The van der Waals surface area contributed by atoms with Gasteiger partial charge in [0.2, 0.25) is 0 Å². The van der Waals surface area contributed by atoms with E-state index in [1.165, 1.54) is 11.1 Å². The van der Waals surface area contributed by atoms with E-state index in [0.29, 0.717) is 24.7 Å². The highest BCUT2D eigenvalue weighted by Gasteiger charge is 2.55. The number of nitrogens with zero attached hydrogens (tertiary/aromatic N) is 2. The highest BCUT2D eigenvalue weighted by atomic mass is 16.6. The zero-order valence-electron chi connectivity index (χ0n) is 17.7. The molecule has 9 heteroatoms. The Hall–Kier alpha value is -2.01. The minimum Gasteiger partial charge on any atom is -0.387 e. The Bertz CT molecular complexity index is 904. The highest BCUT2D eigenvalue weighted by molar-refractivity contribution is 5.87. The van der Waals surface area contributed by atoms with Crippen molar-refractivity contribution >= 4 is 5.84 Å². The van der Waals surface area contributed by atoms with Crippen LogP contribution in [0.2, 0.25) is 0 Å². The molecule has 9 nitrogen and oxygen atoms in total. The molecule has 0 bridgehead atoms. The first-order chi connectivity index (χ1) is 14.9. The van der Waals surface area contributed by atoms with Crippen LogP contribution in [-0.4, -0.2) is 70.0 Å². The van der Waals surface area contributed by atoms with Gasteiger partial charge in [0.05, 0.1) is 25.4 Å². The third-order valence-electron chi connectivity index (χ3n) is 6.85. The normalized spacial score (nSPS) is 35.8. The van der Waals surface area contributed by atoms with Crippen LogP contribution in [0.5, 0.6) is 0 Å². The average Bonchev–Trinajstić information content (AvgIpc) is 3.29. The van der Waals surface area contributed by atoms with Gasteiger partial charge >= 0.3 is 0 Å². The van der Waals surface area contributed by atoms with E-state index in [9.17, 15) is 15.3 Å². The van der Waals surface area contributed by atoms with Gasteiger partial charge in [-0.3, -0.25) is 20.6 Å². The molecule has 5 rings (SSSR count). The van der Waals surface area contributed by atoms with Crippen molar-refractivity contribution in [2.45, 2.75) is 63.0 Å². The Morgan fingerprint density at radius 2 is 2.10 bits per heavy atom. The van der Waals surface area contributed by atoms with Gasteiger partial charge in [0.15, 0.2) is 6.23 Å². The number of amidine groups is 1. The first-order valence-corrected chi connectivity index (χ1v) is 10.9. The third-order valence-corrected chi connectivity index (χ3v) is 6.85. The Morgan fingerprint density at radius 3 is 2.81 bits per heavy atom. The van der Waals surface area contributed by atoms with Crippen molar-refractivity contribution in [3.8, 4) is 0 Å². The second kappa shape index (κ2) is 7.84. The summed E-state index contributed by atoms with van der Waals surface area (Å²) in [6.45, 7) is 4.41. The predicted octanol–water partition coefficient (Wildman–Crippen LogP) is -0.289. The fourth-order valence-corrected chi connectivity index (χ4v) is 4.91. The first-order valence-electron chi connectivity index (χ1n) is 10.9. The molecular formula is C22H30N4O5. The van der Waals surface area contributed by atoms with Gasteiger partial charge in [-0.15, -0.1) is 0 Å². The highest BCUT2D eigenvalue weighted by Crippen LogP contribution is 2.40. The van der Waals surface area contributed by atoms with Crippen LogP contribution < -0.4 is 10.8 Å². The van der Waals surface area contributed by atoms with Gasteiger partial charge in [-0.1, -0.05) is 24.3 Å². The lowest BCUT2D eigenvalue weighted by atomic mass is 9.81. The molecule has 0 saturated carbocycles. The van der Waals surface area contributed by atoms with E-state index >= 15 is 0 Å². The summed E-state index contributed by atoms with van der Waals surface area (Å²) in [7, 11) is 0. The molecule has 3 heterocycles. The maximum atomic E-state index is 11.4. The molecule has 168 valence electrons. The van der Waals surface area contributed by atoms with E-state index < -0.39 is 30.1 Å². The fourth-order valence-electron chi connectivity index (χ4n) is 4.91. The first kappa shape index (κ1) is 20.9. The molecule has 3 aliphatic heterocycles. The van der Waals surface area contributed by atoms with E-state index in [4.69, 9.17) is 9.57 Å². The lowest BCUT2D eigenvalue weighted by Crippen LogP contribution is -2.57. The molecule has 1 aromatic rings. The number of rotatable bonds is 5. The smallest absolute Gasteiger partial charge is 0.160 e. The van der Waals surface area contributed by atoms with Crippen molar-refractivity contribution in [2.75, 3.05) is 13.3 Å². The summed E-state index contributed by atoms with van der Waals surface area (Å²) in [6, 6.07) is 5.87. The van der Waals surface area contributed by atoms with E-state index in [1.54, 1.807) is 6.92 Å². The van der Waals surface area contributed by atoms with Crippen LogP contribution in [0.25, 0.3) is 0 Å². The number of aryl methyl sites for hydroxylation is 2. The Labute approximate surface area is 181 Å². The molecule has 4 aliphatic rings. The molecule has 0 spiro atoms. The van der Waals surface area contributed by atoms with Crippen LogP contribution in [0.15, 0.2) is 35.5 Å². The molecule has 5 N–H and O–H groups in total. The fraction of sp³-hybridized carbons (Fsp3) is 0.591. The summed E-state index contributed by atoms with van der Waals surface area (Å²) in [5.41, 5.74) is 4.62. The third kappa shape index (κ3) is 3.36. The molecule has 1 saturated heterocycles. The summed E-state index contributed by atoms with van der Waals surface area (Å²) >= 11 is 0. The SMILES string of the molecule is CCONC1=NCNC2C1C=CN2[C@@H]1O[C@H]([C@](C)(O)c2ccc3c(c2)CC3)[C@@H](O)[C@H]1O. The summed E-state index contributed by atoms with van der Waals surface area (Å²) in [4.78, 5) is 11.6. The van der Waals surface area contributed by atoms with Crippen LogP contribution in [0.3, 0.4) is 0 Å². The quantitative estimate of drug-likeness (QED) is 0.405. The maximum absolute atomic E-state index is 11.4. The van der Waals surface area contributed by atoms with Crippen LogP contribution in [0, 0.1) is 5.92 Å². The van der Waals surface area contributed by atoms with E-state index in [0.717, 1.165) is 12.8 Å². The Kier molecular flexibility index (Phi) is 5.28. The largest absolute Gasteiger partial charge is 0.387 e. The minimum absolute atomic E-state index is 0.110. The summed E-state index contributed by atoms with van der Waals surface area (Å²) < 4.78 is 6.14. The molecule has 31 heavy (non-hydrogen) atoms. The monoisotopic (exact) mass is 430 g/mol. The van der Waals surface area contributed by atoms with Gasteiger partial charge in [0.1, 0.15) is 29.7 Å².